The molecule has 16 heavy (non-hydrogen) atoms. The fourth-order valence-corrected chi connectivity index (χ4v) is 2.03. The zero-order chi connectivity index (χ0) is 13.6. The number of primary amides is 1. The summed E-state index contributed by atoms with van der Waals surface area (Å²) in [5.74, 6) is -0.384. The third-order valence-electron chi connectivity index (χ3n) is 2.68. The number of hydrogen-bond donors (Lipinski definition) is 1. The number of rotatable bonds is 3. The average Bonchev–Trinajstić information content (AvgIpc) is 2.02. The van der Waals surface area contributed by atoms with Gasteiger partial charge in [-0.2, -0.15) is 0 Å². The topological polar surface area (TPSA) is 69.4 Å². The molecule has 1 unspecified atom stereocenters. The van der Waals surface area contributed by atoms with Gasteiger partial charge in [-0.05, 0) is 32.0 Å². The maximum atomic E-state index is 10.8. The molecule has 0 aromatic heterocycles. The molecule has 0 bridgehead atoms. The van der Waals surface area contributed by atoms with Crippen LogP contribution in [-0.2, 0) is 14.0 Å². The molecule has 0 fully saturated rings. The number of amides is 1. The molecule has 0 radical (unpaired) electrons. The Kier molecular flexibility index (Phi) is 7.53. The molecular weight excluding hydrogens is 222 g/mol. The van der Waals surface area contributed by atoms with Gasteiger partial charge in [0.1, 0.15) is 12.4 Å². The predicted molar refractivity (Wildman–Crippen MR) is 68.7 cm³/mol. The van der Waals surface area contributed by atoms with Crippen LogP contribution in [0.3, 0.4) is 0 Å². The molecule has 5 heteroatoms. The van der Waals surface area contributed by atoms with Crippen molar-refractivity contribution >= 4 is 20.5 Å². The van der Waals surface area contributed by atoms with Gasteiger partial charge in [0.05, 0.1) is 0 Å². The molecule has 4 nitrogen and oxygen atoms in total. The Morgan fingerprint density at radius 3 is 1.88 bits per heavy atom. The van der Waals surface area contributed by atoms with E-state index in [1.165, 1.54) is 6.92 Å². The van der Waals surface area contributed by atoms with Crippen molar-refractivity contribution < 1.29 is 14.0 Å². The van der Waals surface area contributed by atoms with Gasteiger partial charge >= 0.3 is 0 Å². The van der Waals surface area contributed by atoms with Gasteiger partial charge < -0.3 is 15.0 Å². The molecule has 96 valence electrons. The number of hydrogen-bond acceptors (Lipinski definition) is 3. The Morgan fingerprint density at radius 2 is 1.69 bits per heavy atom. The summed E-state index contributed by atoms with van der Waals surface area (Å²) >= 11 is 0. The van der Waals surface area contributed by atoms with Crippen LogP contribution in [0.25, 0.3) is 0 Å². The minimum Gasteiger partial charge on any atom is -0.405 e. The lowest BCUT2D eigenvalue weighted by Crippen LogP contribution is -2.46. The van der Waals surface area contributed by atoms with Crippen molar-refractivity contribution in [1.82, 2.24) is 0 Å². The molecule has 0 heterocycles. The molecule has 1 atom stereocenters. The van der Waals surface area contributed by atoms with Gasteiger partial charge in [0, 0.05) is 0 Å². The Balaban J connectivity index is 0. The fraction of sp³-hybridized carbons (Fsp3) is 0.818. The average molecular weight is 247 g/mol. The van der Waals surface area contributed by atoms with Crippen LogP contribution in [0, 0.1) is 0 Å². The molecule has 0 aliphatic rings. The summed E-state index contributed by atoms with van der Waals surface area (Å²) in [4.78, 5) is 19.6. The quantitative estimate of drug-likeness (QED) is 0.613. The number of nitrogens with two attached hydrogens (primary N) is 1. The summed E-state index contributed by atoms with van der Waals surface area (Å²) in [6.07, 6.45) is 0.279. The van der Waals surface area contributed by atoms with Gasteiger partial charge in [-0.25, -0.2) is 0 Å². The lowest BCUT2D eigenvalue weighted by Gasteiger charge is -2.37. The first-order valence-corrected chi connectivity index (χ1v) is 8.27. The molecule has 1 amide bonds. The first-order chi connectivity index (χ1) is 6.99. The normalized spacial score (nSPS) is 13.4. The third kappa shape index (κ3) is 6.74. The highest BCUT2D eigenvalue weighted by molar-refractivity contribution is 6.74. The van der Waals surface area contributed by atoms with Crippen LogP contribution in [0.1, 0.15) is 34.6 Å². The van der Waals surface area contributed by atoms with E-state index in [0.29, 0.717) is 0 Å². The molecule has 0 spiro atoms. The van der Waals surface area contributed by atoms with Crippen molar-refractivity contribution in [1.29, 1.82) is 0 Å². The van der Waals surface area contributed by atoms with Gasteiger partial charge in [0.2, 0.25) is 5.91 Å². The van der Waals surface area contributed by atoms with Gasteiger partial charge in [-0.15, -0.1) is 0 Å². The smallest absolute Gasteiger partial charge is 0.245 e. The van der Waals surface area contributed by atoms with E-state index < -0.39 is 14.4 Å². The standard InChI is InChI=1S/C9H21NO2Si.C2H4O/c1-7(8(10)11)12-13(5,6)9(2,3)4;1-2-3/h7H,1-6H3,(H2,10,11);2H,1H3. The molecule has 0 aliphatic heterocycles. The van der Waals surface area contributed by atoms with Crippen molar-refractivity contribution in [3.05, 3.63) is 0 Å². The van der Waals surface area contributed by atoms with Crippen LogP contribution in [0.15, 0.2) is 0 Å². The van der Waals surface area contributed by atoms with Crippen LogP contribution in [-0.4, -0.2) is 26.6 Å². The zero-order valence-corrected chi connectivity index (χ0v) is 12.5. The lowest BCUT2D eigenvalue weighted by molar-refractivity contribution is -0.124. The molecule has 0 aliphatic carbocycles. The van der Waals surface area contributed by atoms with Gasteiger partial charge in [0.25, 0.3) is 0 Å². The maximum absolute atomic E-state index is 10.8. The lowest BCUT2D eigenvalue weighted by atomic mass is 10.2. The highest BCUT2D eigenvalue weighted by Crippen LogP contribution is 2.37. The highest BCUT2D eigenvalue weighted by atomic mass is 28.4. The molecule has 0 rings (SSSR count). The fourth-order valence-electron chi connectivity index (χ4n) is 0.677. The third-order valence-corrected chi connectivity index (χ3v) is 7.23. The van der Waals surface area contributed by atoms with Crippen LogP contribution in [0.2, 0.25) is 18.1 Å². The van der Waals surface area contributed by atoms with Crippen LogP contribution in [0.4, 0.5) is 0 Å². The molecule has 2 N–H and O–H groups in total. The zero-order valence-electron chi connectivity index (χ0n) is 11.5. The summed E-state index contributed by atoms with van der Waals surface area (Å²) in [5, 5.41) is 0.122. The van der Waals surface area contributed by atoms with Gasteiger partial charge in [0.15, 0.2) is 8.32 Å². The van der Waals surface area contributed by atoms with E-state index in [1.807, 2.05) is 0 Å². The summed E-state index contributed by atoms with van der Waals surface area (Å²) in [5.41, 5.74) is 5.14. The Labute approximate surface area is 99.7 Å². The van der Waals surface area contributed by atoms with E-state index in [-0.39, 0.29) is 10.9 Å². The highest BCUT2D eigenvalue weighted by Gasteiger charge is 2.39. The summed E-state index contributed by atoms with van der Waals surface area (Å²) in [6.45, 7) is 13.8. The van der Waals surface area contributed by atoms with Crippen molar-refractivity contribution in [2.24, 2.45) is 5.73 Å². The van der Waals surface area contributed by atoms with E-state index in [1.54, 1.807) is 6.92 Å². The van der Waals surface area contributed by atoms with Gasteiger partial charge in [-0.3, -0.25) is 4.79 Å². The predicted octanol–water partition coefficient (Wildman–Crippen LogP) is 2.09. The Bertz CT molecular complexity index is 234. The Morgan fingerprint density at radius 1 is 1.38 bits per heavy atom. The summed E-state index contributed by atoms with van der Waals surface area (Å²) < 4.78 is 5.73. The second-order valence-corrected chi connectivity index (χ2v) is 9.91. The van der Waals surface area contributed by atoms with Crippen molar-refractivity contribution in [2.45, 2.75) is 58.9 Å². The van der Waals surface area contributed by atoms with Crippen LogP contribution in [0.5, 0.6) is 0 Å². The summed E-state index contributed by atoms with van der Waals surface area (Å²) in [6, 6.07) is 0. The second-order valence-electron chi connectivity index (χ2n) is 5.16. The molecule has 0 aromatic carbocycles. The minimum atomic E-state index is -1.83. The number of aldehydes is 1. The second kappa shape index (κ2) is 6.80. The van der Waals surface area contributed by atoms with E-state index in [4.69, 9.17) is 15.0 Å². The van der Waals surface area contributed by atoms with Crippen LogP contribution < -0.4 is 5.73 Å². The molecule has 0 aromatic rings. The summed E-state index contributed by atoms with van der Waals surface area (Å²) in [7, 11) is -1.83. The van der Waals surface area contributed by atoms with Crippen molar-refractivity contribution in [3.8, 4) is 0 Å². The van der Waals surface area contributed by atoms with E-state index in [0.717, 1.165) is 6.29 Å². The SMILES string of the molecule is CC(O[Si](C)(C)C(C)(C)C)C(N)=O.CC=O. The maximum Gasteiger partial charge on any atom is 0.245 e. The number of carbonyl (C=O) groups excluding carboxylic acids is 2. The van der Waals surface area contributed by atoms with E-state index in [9.17, 15) is 4.79 Å². The Hall–Kier alpha value is -0.683. The minimum absolute atomic E-state index is 0.122. The van der Waals surface area contributed by atoms with Gasteiger partial charge in [-0.1, -0.05) is 20.8 Å². The van der Waals surface area contributed by atoms with Crippen LogP contribution >= 0.6 is 0 Å². The first-order valence-electron chi connectivity index (χ1n) is 5.36. The van der Waals surface area contributed by atoms with Crippen molar-refractivity contribution in [2.75, 3.05) is 0 Å². The molecule has 0 saturated carbocycles. The van der Waals surface area contributed by atoms with Crippen molar-refractivity contribution in [3.63, 3.8) is 0 Å². The van der Waals surface area contributed by atoms with E-state index >= 15 is 0 Å². The molecular formula is C11H25NO3Si. The molecule has 0 saturated heterocycles. The first kappa shape index (κ1) is 17.7. The monoisotopic (exact) mass is 247 g/mol. The van der Waals surface area contributed by atoms with E-state index in [2.05, 4.69) is 33.9 Å². The largest absolute Gasteiger partial charge is 0.405 e. The number of carbonyl (C=O) groups is 2.